The van der Waals surface area contributed by atoms with Crippen LogP contribution >= 0.6 is 0 Å². The van der Waals surface area contributed by atoms with Crippen LogP contribution in [-0.2, 0) is 17.6 Å². The SMILES string of the molecule is CC1=CC(=C2C(=O)C(c3[nH]c(C)c4c3CCCC4)=C2[O-])C2=C1CCCC2. The third-order valence-corrected chi connectivity index (χ3v) is 6.59. The van der Waals surface area contributed by atoms with Crippen molar-refractivity contribution < 1.29 is 9.90 Å². The minimum atomic E-state index is -0.0528. The molecule has 1 aromatic rings. The molecule has 5 rings (SSSR count). The lowest BCUT2D eigenvalue weighted by Gasteiger charge is -2.33. The summed E-state index contributed by atoms with van der Waals surface area (Å²) >= 11 is 0. The average Bonchev–Trinajstić information content (AvgIpc) is 3.14. The summed E-state index contributed by atoms with van der Waals surface area (Å²) in [7, 11) is 0. The van der Waals surface area contributed by atoms with E-state index in [2.05, 4.69) is 24.9 Å². The summed E-state index contributed by atoms with van der Waals surface area (Å²) in [5.74, 6) is -0.106. The number of nitrogens with one attached hydrogen (secondary N) is 1. The summed E-state index contributed by atoms with van der Waals surface area (Å²) in [6, 6.07) is 0. The van der Waals surface area contributed by atoms with E-state index in [1.54, 1.807) is 0 Å². The highest BCUT2D eigenvalue weighted by molar-refractivity contribution is 6.39. The second-order valence-corrected chi connectivity index (χ2v) is 8.10. The van der Waals surface area contributed by atoms with E-state index in [0.717, 1.165) is 55.5 Å². The van der Waals surface area contributed by atoms with E-state index in [-0.39, 0.29) is 11.5 Å². The molecule has 1 heterocycles. The number of carbonyl (C=O) groups is 1. The first-order valence-electron chi connectivity index (χ1n) is 9.90. The summed E-state index contributed by atoms with van der Waals surface area (Å²) in [6.07, 6.45) is 10.9. The monoisotopic (exact) mass is 346 g/mol. The Kier molecular flexibility index (Phi) is 3.43. The van der Waals surface area contributed by atoms with E-state index in [1.807, 2.05) is 0 Å². The molecule has 0 unspecified atom stereocenters. The smallest absolute Gasteiger partial charge is 0.194 e. The molecule has 4 aliphatic carbocycles. The van der Waals surface area contributed by atoms with Gasteiger partial charge in [0.2, 0.25) is 0 Å². The molecule has 0 amide bonds. The van der Waals surface area contributed by atoms with Crippen molar-refractivity contribution in [2.24, 2.45) is 0 Å². The Balaban J connectivity index is 1.64. The Labute approximate surface area is 154 Å². The van der Waals surface area contributed by atoms with E-state index in [0.29, 0.717) is 11.1 Å². The predicted molar refractivity (Wildman–Crippen MR) is 100 cm³/mol. The van der Waals surface area contributed by atoms with Gasteiger partial charge in [-0.2, -0.15) is 0 Å². The second-order valence-electron chi connectivity index (χ2n) is 8.10. The normalized spacial score (nSPS) is 25.3. The number of hydrogen-bond acceptors (Lipinski definition) is 2. The minimum absolute atomic E-state index is 0.0528. The van der Waals surface area contributed by atoms with Crippen LogP contribution in [0, 0.1) is 6.92 Å². The second kappa shape index (κ2) is 5.60. The van der Waals surface area contributed by atoms with Gasteiger partial charge in [0, 0.05) is 16.8 Å². The Bertz CT molecular complexity index is 978. The van der Waals surface area contributed by atoms with Crippen LogP contribution in [0.2, 0.25) is 0 Å². The molecule has 3 nitrogen and oxygen atoms in total. The van der Waals surface area contributed by atoms with Crippen molar-refractivity contribution in [3.8, 4) is 0 Å². The standard InChI is InChI=1S/C23H25NO2/c1-12-11-18(16-9-5-3-7-14(12)16)19-22(25)20(23(19)26)21-17-10-6-4-8-15(17)13(2)24-21/h11,24-25H,3-10H2,1-2H3/p-1. The van der Waals surface area contributed by atoms with Crippen molar-refractivity contribution in [2.75, 3.05) is 0 Å². The molecular weight excluding hydrogens is 322 g/mol. The van der Waals surface area contributed by atoms with Crippen molar-refractivity contribution in [1.82, 2.24) is 4.98 Å². The molecule has 0 saturated heterocycles. The van der Waals surface area contributed by atoms with Crippen LogP contribution in [-0.4, -0.2) is 10.8 Å². The van der Waals surface area contributed by atoms with Crippen LogP contribution in [0.25, 0.3) is 5.57 Å². The number of ketones is 1. The van der Waals surface area contributed by atoms with Crippen LogP contribution in [0.1, 0.15) is 68.0 Å². The molecule has 0 bridgehead atoms. The number of aromatic amines is 1. The Morgan fingerprint density at radius 1 is 0.885 bits per heavy atom. The van der Waals surface area contributed by atoms with Gasteiger partial charge in [-0.3, -0.25) is 4.79 Å². The third kappa shape index (κ3) is 2.03. The maximum atomic E-state index is 13.0. The number of rotatable bonds is 1. The van der Waals surface area contributed by atoms with Crippen molar-refractivity contribution in [3.05, 3.63) is 62.2 Å². The summed E-state index contributed by atoms with van der Waals surface area (Å²) < 4.78 is 0. The molecule has 0 atom stereocenters. The van der Waals surface area contributed by atoms with Gasteiger partial charge in [0.25, 0.3) is 0 Å². The molecule has 26 heavy (non-hydrogen) atoms. The van der Waals surface area contributed by atoms with Gasteiger partial charge >= 0.3 is 0 Å². The van der Waals surface area contributed by atoms with Crippen LogP contribution in [0.15, 0.2) is 39.7 Å². The fraction of sp³-hybridized carbons (Fsp3) is 0.435. The van der Waals surface area contributed by atoms with Gasteiger partial charge in [-0.1, -0.05) is 11.8 Å². The quantitative estimate of drug-likeness (QED) is 0.782. The van der Waals surface area contributed by atoms with Gasteiger partial charge in [-0.25, -0.2) is 0 Å². The lowest BCUT2D eigenvalue weighted by molar-refractivity contribution is -0.297. The largest absolute Gasteiger partial charge is 0.871 e. The van der Waals surface area contributed by atoms with Gasteiger partial charge in [0.1, 0.15) is 0 Å². The number of fused-ring (bicyclic) bond motifs is 1. The molecular formula is C23H24NO2-. The van der Waals surface area contributed by atoms with Crippen LogP contribution < -0.4 is 5.11 Å². The summed E-state index contributed by atoms with van der Waals surface area (Å²) in [4.78, 5) is 16.4. The van der Waals surface area contributed by atoms with Crippen molar-refractivity contribution in [3.63, 3.8) is 0 Å². The van der Waals surface area contributed by atoms with E-state index in [1.165, 1.54) is 40.7 Å². The number of Topliss-reactive ketones (excluding diaryl/α,β-unsaturated/α-hetero) is 1. The predicted octanol–water partition coefficient (Wildman–Crippen LogP) is 3.98. The Morgan fingerprint density at radius 3 is 2.27 bits per heavy atom. The Morgan fingerprint density at radius 2 is 1.54 bits per heavy atom. The van der Waals surface area contributed by atoms with Gasteiger partial charge in [-0.15, -0.1) is 0 Å². The number of aromatic nitrogens is 1. The van der Waals surface area contributed by atoms with Crippen molar-refractivity contribution >= 4 is 11.4 Å². The summed E-state index contributed by atoms with van der Waals surface area (Å²) in [6.45, 7) is 4.17. The zero-order valence-corrected chi connectivity index (χ0v) is 15.6. The van der Waals surface area contributed by atoms with Gasteiger partial charge in [0.05, 0.1) is 5.69 Å². The van der Waals surface area contributed by atoms with Crippen LogP contribution in [0.3, 0.4) is 0 Å². The first-order chi connectivity index (χ1) is 12.6. The van der Waals surface area contributed by atoms with Gasteiger partial charge in [0.15, 0.2) is 5.78 Å². The van der Waals surface area contributed by atoms with E-state index in [4.69, 9.17) is 0 Å². The van der Waals surface area contributed by atoms with Crippen molar-refractivity contribution in [2.45, 2.75) is 65.2 Å². The topological polar surface area (TPSA) is 55.9 Å². The molecule has 0 spiro atoms. The van der Waals surface area contributed by atoms with Crippen LogP contribution in [0.5, 0.6) is 0 Å². The molecule has 3 heteroatoms. The number of allylic oxidation sites excluding steroid dienone is 7. The fourth-order valence-corrected chi connectivity index (χ4v) is 5.26. The number of hydrogen-bond donors (Lipinski definition) is 1. The fourth-order valence-electron chi connectivity index (χ4n) is 5.26. The third-order valence-electron chi connectivity index (χ3n) is 6.59. The van der Waals surface area contributed by atoms with Gasteiger partial charge < -0.3 is 10.1 Å². The van der Waals surface area contributed by atoms with E-state index in [9.17, 15) is 9.90 Å². The number of carbonyl (C=O) groups excluding carboxylic acids is 1. The molecule has 0 aliphatic heterocycles. The highest BCUT2D eigenvalue weighted by Gasteiger charge is 2.36. The molecule has 1 N–H and O–H groups in total. The lowest BCUT2D eigenvalue weighted by atomic mass is 9.78. The molecule has 134 valence electrons. The summed E-state index contributed by atoms with van der Waals surface area (Å²) in [5, 5.41) is 13.0. The highest BCUT2D eigenvalue weighted by atomic mass is 16.3. The van der Waals surface area contributed by atoms with Gasteiger partial charge in [-0.05, 0) is 98.6 Å². The maximum Gasteiger partial charge on any atom is 0.194 e. The summed E-state index contributed by atoms with van der Waals surface area (Å²) in [5.41, 5.74) is 10.1. The van der Waals surface area contributed by atoms with E-state index >= 15 is 0 Å². The molecule has 4 aliphatic rings. The zero-order chi connectivity index (χ0) is 18.0. The first kappa shape index (κ1) is 15.9. The lowest BCUT2D eigenvalue weighted by Crippen LogP contribution is -2.31. The van der Waals surface area contributed by atoms with Crippen LogP contribution in [0.4, 0.5) is 0 Å². The number of aryl methyl sites for hydroxylation is 1. The zero-order valence-electron chi connectivity index (χ0n) is 15.6. The average molecular weight is 346 g/mol. The molecule has 1 aromatic heterocycles. The maximum absolute atomic E-state index is 13.0. The van der Waals surface area contributed by atoms with E-state index < -0.39 is 0 Å². The molecule has 0 radical (unpaired) electrons. The highest BCUT2D eigenvalue weighted by Crippen LogP contribution is 2.47. The minimum Gasteiger partial charge on any atom is -0.871 e. The first-order valence-corrected chi connectivity index (χ1v) is 9.90. The molecule has 0 saturated carbocycles. The Hall–Kier alpha value is -2.29. The molecule has 0 fully saturated rings. The van der Waals surface area contributed by atoms with Crippen molar-refractivity contribution in [1.29, 1.82) is 0 Å². The molecule has 0 aromatic carbocycles. The number of H-pyrrole nitrogens is 1.